The highest BCUT2D eigenvalue weighted by Crippen LogP contribution is 1.96. The normalized spacial score (nSPS) is 8.00. The maximum atomic E-state index is 11.6. The van der Waals surface area contributed by atoms with Crippen LogP contribution in [0, 0.1) is 45.3 Å². The van der Waals surface area contributed by atoms with E-state index in [1.807, 2.05) is 0 Å². The van der Waals surface area contributed by atoms with Gasteiger partial charge in [-0.05, 0) is 0 Å². The Kier molecular flexibility index (Phi) is 6.70. The summed E-state index contributed by atoms with van der Waals surface area (Å²) in [5.74, 6) is -2.16. The lowest BCUT2D eigenvalue weighted by Crippen LogP contribution is -2.46. The third kappa shape index (κ3) is 4.18. The molecule has 0 saturated carbocycles. The number of hydrogen-bond donors (Lipinski definition) is 0. The number of carbonyl (C=O) groups excluding carboxylic acids is 2. The lowest BCUT2D eigenvalue weighted by molar-refractivity contribution is -0.150. The minimum atomic E-state index is -1.08. The van der Waals surface area contributed by atoms with Gasteiger partial charge in [-0.2, -0.15) is 21.0 Å². The first-order valence-electron chi connectivity index (χ1n) is 4.68. The number of nitriles is 4. The molecule has 0 N–H and O–H groups in total. The van der Waals surface area contributed by atoms with Gasteiger partial charge in [0.1, 0.15) is 26.2 Å². The van der Waals surface area contributed by atoms with Gasteiger partial charge in [-0.25, -0.2) is 0 Å². The predicted octanol–water partition coefficient (Wildman–Crippen LogP) is -1.26. The second-order valence-electron chi connectivity index (χ2n) is 2.95. The summed E-state index contributed by atoms with van der Waals surface area (Å²) in [6.45, 7) is -1.65. The second kappa shape index (κ2) is 8.10. The van der Waals surface area contributed by atoms with E-state index in [1.54, 1.807) is 24.3 Å². The Morgan fingerprint density at radius 3 is 1.06 bits per heavy atom. The van der Waals surface area contributed by atoms with Crippen LogP contribution in [-0.4, -0.2) is 47.8 Å². The van der Waals surface area contributed by atoms with Gasteiger partial charge >= 0.3 is 11.8 Å². The van der Waals surface area contributed by atoms with Gasteiger partial charge in [0.2, 0.25) is 0 Å². The zero-order valence-corrected chi connectivity index (χ0v) is 9.33. The third-order valence-electron chi connectivity index (χ3n) is 1.80. The Hall–Kier alpha value is -3.10. The fraction of sp³-hybridized carbons (Fsp3) is 0.400. The molecule has 0 unspecified atom stereocenters. The Labute approximate surface area is 103 Å². The Balaban J connectivity index is 4.89. The molecule has 0 aliphatic rings. The monoisotopic (exact) mass is 244 g/mol. The highest BCUT2D eigenvalue weighted by Gasteiger charge is 2.26. The number of nitrogens with zero attached hydrogens (tertiary/aromatic N) is 6. The first kappa shape index (κ1) is 14.9. The quantitative estimate of drug-likeness (QED) is 0.447. The zero-order chi connectivity index (χ0) is 14.0. The van der Waals surface area contributed by atoms with Gasteiger partial charge in [-0.3, -0.25) is 9.59 Å². The van der Waals surface area contributed by atoms with E-state index in [1.165, 1.54) is 0 Å². The van der Waals surface area contributed by atoms with Crippen LogP contribution in [0.25, 0.3) is 0 Å². The van der Waals surface area contributed by atoms with Crippen LogP contribution < -0.4 is 0 Å². The van der Waals surface area contributed by atoms with Crippen molar-refractivity contribution in [1.29, 1.82) is 21.0 Å². The van der Waals surface area contributed by atoms with Crippen molar-refractivity contribution < 1.29 is 9.59 Å². The SMILES string of the molecule is N#CCN(CC#N)C(=O)C(=O)N(CC#N)CC#N. The van der Waals surface area contributed by atoms with Gasteiger partial charge in [-0.1, -0.05) is 0 Å². The van der Waals surface area contributed by atoms with E-state index in [9.17, 15) is 9.59 Å². The van der Waals surface area contributed by atoms with Gasteiger partial charge in [0.05, 0.1) is 24.3 Å². The van der Waals surface area contributed by atoms with Gasteiger partial charge < -0.3 is 9.80 Å². The lowest BCUT2D eigenvalue weighted by Gasteiger charge is -2.20. The molecule has 90 valence electrons. The molecule has 8 heteroatoms. The minimum Gasteiger partial charge on any atom is -0.308 e. The Bertz CT molecular complexity index is 408. The van der Waals surface area contributed by atoms with Crippen molar-refractivity contribution >= 4 is 11.8 Å². The molecule has 0 fully saturated rings. The van der Waals surface area contributed by atoms with Gasteiger partial charge in [0.15, 0.2) is 0 Å². The summed E-state index contributed by atoms with van der Waals surface area (Å²) in [7, 11) is 0. The van der Waals surface area contributed by atoms with E-state index < -0.39 is 38.0 Å². The average Bonchev–Trinajstić information content (AvgIpc) is 2.36. The first-order chi connectivity index (χ1) is 8.62. The fourth-order valence-electron chi connectivity index (χ4n) is 1.01. The Morgan fingerprint density at radius 1 is 0.667 bits per heavy atom. The molecule has 0 heterocycles. The molecule has 0 radical (unpaired) electrons. The van der Waals surface area contributed by atoms with Crippen molar-refractivity contribution in [3.8, 4) is 24.3 Å². The van der Waals surface area contributed by atoms with E-state index in [4.69, 9.17) is 21.0 Å². The van der Waals surface area contributed by atoms with Crippen LogP contribution in [0.15, 0.2) is 0 Å². The Morgan fingerprint density at radius 2 is 0.889 bits per heavy atom. The molecule has 0 atom stereocenters. The van der Waals surface area contributed by atoms with E-state index in [0.717, 1.165) is 9.80 Å². The van der Waals surface area contributed by atoms with Gasteiger partial charge in [0, 0.05) is 0 Å². The van der Waals surface area contributed by atoms with Gasteiger partial charge in [-0.15, -0.1) is 0 Å². The van der Waals surface area contributed by atoms with Crippen molar-refractivity contribution in [1.82, 2.24) is 9.80 Å². The second-order valence-corrected chi connectivity index (χ2v) is 2.95. The van der Waals surface area contributed by atoms with Crippen LogP contribution in [-0.2, 0) is 9.59 Å². The average molecular weight is 244 g/mol. The molecule has 0 aliphatic carbocycles. The van der Waals surface area contributed by atoms with E-state index in [0.29, 0.717) is 0 Å². The highest BCUT2D eigenvalue weighted by atomic mass is 16.2. The zero-order valence-electron chi connectivity index (χ0n) is 9.33. The molecule has 0 aromatic carbocycles. The van der Waals surface area contributed by atoms with Crippen LogP contribution in [0.4, 0.5) is 0 Å². The van der Waals surface area contributed by atoms with E-state index in [-0.39, 0.29) is 0 Å². The molecular formula is C10H8N6O2. The molecule has 0 saturated heterocycles. The van der Waals surface area contributed by atoms with Crippen LogP contribution in [0.3, 0.4) is 0 Å². The van der Waals surface area contributed by atoms with Crippen molar-refractivity contribution in [2.75, 3.05) is 26.2 Å². The van der Waals surface area contributed by atoms with Crippen molar-refractivity contribution in [3.05, 3.63) is 0 Å². The number of hydrogen-bond acceptors (Lipinski definition) is 6. The van der Waals surface area contributed by atoms with E-state index >= 15 is 0 Å². The number of rotatable bonds is 4. The maximum absolute atomic E-state index is 11.6. The lowest BCUT2D eigenvalue weighted by atomic mass is 10.3. The van der Waals surface area contributed by atoms with Crippen molar-refractivity contribution in [2.24, 2.45) is 0 Å². The molecule has 0 aromatic heterocycles. The van der Waals surface area contributed by atoms with Gasteiger partial charge in [0.25, 0.3) is 0 Å². The van der Waals surface area contributed by atoms with E-state index in [2.05, 4.69) is 0 Å². The molecular weight excluding hydrogens is 236 g/mol. The number of amides is 2. The number of carbonyl (C=O) groups is 2. The molecule has 0 aromatic rings. The summed E-state index contributed by atoms with van der Waals surface area (Å²) in [5.41, 5.74) is 0. The maximum Gasteiger partial charge on any atom is 0.313 e. The molecule has 0 aliphatic heterocycles. The highest BCUT2D eigenvalue weighted by molar-refractivity contribution is 6.35. The summed E-state index contributed by atoms with van der Waals surface area (Å²) in [4.78, 5) is 24.7. The summed E-state index contributed by atoms with van der Waals surface area (Å²) >= 11 is 0. The van der Waals surface area contributed by atoms with Crippen LogP contribution in [0.5, 0.6) is 0 Å². The van der Waals surface area contributed by atoms with Crippen molar-refractivity contribution in [2.45, 2.75) is 0 Å². The summed E-state index contributed by atoms with van der Waals surface area (Å²) < 4.78 is 0. The minimum absolute atomic E-state index is 0.412. The molecule has 18 heavy (non-hydrogen) atoms. The van der Waals surface area contributed by atoms with Crippen molar-refractivity contribution in [3.63, 3.8) is 0 Å². The topological polar surface area (TPSA) is 136 Å². The summed E-state index contributed by atoms with van der Waals surface area (Å²) in [6, 6.07) is 6.58. The fourth-order valence-corrected chi connectivity index (χ4v) is 1.01. The largest absolute Gasteiger partial charge is 0.313 e. The molecule has 2 amide bonds. The van der Waals surface area contributed by atoms with Crippen LogP contribution in [0.2, 0.25) is 0 Å². The smallest absolute Gasteiger partial charge is 0.308 e. The first-order valence-corrected chi connectivity index (χ1v) is 4.68. The standard InChI is InChI=1S/C10H8N6O2/c11-1-5-15(6-2-12)9(17)10(18)16(7-3-13)8-4-14/h5-8H2. The van der Waals surface area contributed by atoms with Crippen LogP contribution in [0.1, 0.15) is 0 Å². The molecule has 0 bridgehead atoms. The summed E-state index contributed by atoms with van der Waals surface area (Å²) in [6.07, 6.45) is 0. The third-order valence-corrected chi connectivity index (χ3v) is 1.80. The molecule has 8 nitrogen and oxygen atoms in total. The summed E-state index contributed by atoms with van der Waals surface area (Å²) in [5, 5.41) is 33.8. The predicted molar refractivity (Wildman–Crippen MR) is 55.6 cm³/mol. The molecule has 0 rings (SSSR count). The molecule has 0 spiro atoms. The van der Waals surface area contributed by atoms with Crippen LogP contribution >= 0.6 is 0 Å².